The zero-order chi connectivity index (χ0) is 14.3. The van der Waals surface area contributed by atoms with Crippen molar-refractivity contribution < 1.29 is 9.53 Å². The average Bonchev–Trinajstić information content (AvgIpc) is 2.71. The minimum absolute atomic E-state index is 0.0494. The van der Waals surface area contributed by atoms with E-state index in [2.05, 4.69) is 5.10 Å². The number of ether oxygens (including phenoxy) is 1. The Morgan fingerprint density at radius 1 is 1.40 bits per heavy atom. The molecule has 6 nitrogen and oxygen atoms in total. The molecule has 2 N–H and O–H groups in total. The largest absolute Gasteiger partial charge is 0.482 e. The average molecular weight is 272 g/mol. The monoisotopic (exact) mass is 272 g/mol. The summed E-state index contributed by atoms with van der Waals surface area (Å²) in [5.41, 5.74) is 9.01. The molecule has 1 aliphatic heterocycles. The van der Waals surface area contributed by atoms with Gasteiger partial charge in [0.15, 0.2) is 6.61 Å². The number of aryl methyl sites for hydroxylation is 2. The molecule has 0 radical (unpaired) electrons. The van der Waals surface area contributed by atoms with Crippen molar-refractivity contribution in [2.24, 2.45) is 7.05 Å². The third kappa shape index (κ3) is 2.09. The first kappa shape index (κ1) is 12.5. The molecule has 0 saturated carbocycles. The molecule has 0 spiro atoms. The highest BCUT2D eigenvalue weighted by Gasteiger charge is 2.26. The first-order valence-electron chi connectivity index (χ1n) is 6.37. The summed E-state index contributed by atoms with van der Waals surface area (Å²) in [6.45, 7) is 2.43. The van der Waals surface area contributed by atoms with Crippen LogP contribution in [0.3, 0.4) is 0 Å². The molecule has 2 aromatic rings. The van der Waals surface area contributed by atoms with Gasteiger partial charge in [0.1, 0.15) is 5.75 Å². The molecule has 3 rings (SSSR count). The lowest BCUT2D eigenvalue weighted by Crippen LogP contribution is -2.38. The van der Waals surface area contributed by atoms with Crippen LogP contribution in [0.4, 0.5) is 11.4 Å². The van der Waals surface area contributed by atoms with Crippen LogP contribution < -0.4 is 15.4 Å². The lowest BCUT2D eigenvalue weighted by atomic mass is 10.2. The van der Waals surface area contributed by atoms with Crippen LogP contribution in [0.2, 0.25) is 0 Å². The van der Waals surface area contributed by atoms with E-state index < -0.39 is 0 Å². The number of amides is 1. The molecule has 0 saturated heterocycles. The Balaban J connectivity index is 1.99. The summed E-state index contributed by atoms with van der Waals surface area (Å²) < 4.78 is 7.21. The number of carbonyl (C=O) groups is 1. The first-order chi connectivity index (χ1) is 9.54. The van der Waals surface area contributed by atoms with Gasteiger partial charge in [0.05, 0.1) is 23.6 Å². The van der Waals surface area contributed by atoms with Gasteiger partial charge in [0.25, 0.3) is 5.91 Å². The topological polar surface area (TPSA) is 73.4 Å². The number of rotatable bonds is 2. The van der Waals surface area contributed by atoms with E-state index in [1.807, 2.05) is 20.0 Å². The van der Waals surface area contributed by atoms with E-state index in [9.17, 15) is 4.79 Å². The predicted octanol–water partition coefficient (Wildman–Crippen LogP) is 1.24. The fraction of sp³-hybridized carbons (Fsp3) is 0.286. The molecule has 2 heterocycles. The van der Waals surface area contributed by atoms with Crippen LogP contribution in [0.5, 0.6) is 5.75 Å². The van der Waals surface area contributed by atoms with Gasteiger partial charge in [-0.05, 0) is 31.2 Å². The number of aromatic nitrogens is 2. The maximum absolute atomic E-state index is 12.1. The van der Waals surface area contributed by atoms with E-state index in [4.69, 9.17) is 10.5 Å². The summed E-state index contributed by atoms with van der Waals surface area (Å²) in [4.78, 5) is 13.8. The van der Waals surface area contributed by atoms with Crippen molar-refractivity contribution in [3.05, 3.63) is 35.7 Å². The smallest absolute Gasteiger partial charge is 0.265 e. The summed E-state index contributed by atoms with van der Waals surface area (Å²) in [7, 11) is 1.87. The van der Waals surface area contributed by atoms with Gasteiger partial charge in [-0.15, -0.1) is 0 Å². The quantitative estimate of drug-likeness (QED) is 0.835. The van der Waals surface area contributed by atoms with Gasteiger partial charge in [-0.25, -0.2) is 0 Å². The standard InChI is InChI=1S/C14H16N4O2/c1-9-5-11(17(2)16-9)7-18-12-6-10(15)3-4-13(12)20-8-14(18)19/h3-6H,7-8,15H2,1-2H3. The Morgan fingerprint density at radius 3 is 2.90 bits per heavy atom. The van der Waals surface area contributed by atoms with Gasteiger partial charge in [-0.1, -0.05) is 0 Å². The van der Waals surface area contributed by atoms with Gasteiger partial charge in [-0.3, -0.25) is 14.4 Å². The Morgan fingerprint density at radius 2 is 2.20 bits per heavy atom. The number of anilines is 2. The van der Waals surface area contributed by atoms with Crippen molar-refractivity contribution in [3.63, 3.8) is 0 Å². The van der Waals surface area contributed by atoms with Crippen LogP contribution in [0.25, 0.3) is 0 Å². The van der Waals surface area contributed by atoms with E-state index in [1.54, 1.807) is 27.8 Å². The Labute approximate surface area is 116 Å². The molecule has 104 valence electrons. The minimum atomic E-state index is -0.0815. The summed E-state index contributed by atoms with van der Waals surface area (Å²) in [5, 5.41) is 4.30. The molecule has 1 aliphatic rings. The van der Waals surface area contributed by atoms with Crippen molar-refractivity contribution >= 4 is 17.3 Å². The molecular formula is C14H16N4O2. The highest BCUT2D eigenvalue weighted by Crippen LogP contribution is 2.34. The normalized spacial score (nSPS) is 14.1. The molecule has 0 fully saturated rings. The fourth-order valence-corrected chi connectivity index (χ4v) is 2.37. The van der Waals surface area contributed by atoms with Gasteiger partial charge in [0.2, 0.25) is 0 Å². The predicted molar refractivity (Wildman–Crippen MR) is 75.5 cm³/mol. The van der Waals surface area contributed by atoms with Crippen LogP contribution in [-0.2, 0) is 18.4 Å². The second-order valence-electron chi connectivity index (χ2n) is 4.90. The maximum Gasteiger partial charge on any atom is 0.265 e. The summed E-state index contributed by atoms with van der Waals surface area (Å²) in [6, 6.07) is 7.28. The highest BCUT2D eigenvalue weighted by atomic mass is 16.5. The van der Waals surface area contributed by atoms with Gasteiger partial charge in [-0.2, -0.15) is 5.10 Å². The molecule has 0 aliphatic carbocycles. The molecule has 1 amide bonds. The number of benzene rings is 1. The SMILES string of the molecule is Cc1cc(CN2C(=O)COc3ccc(N)cc32)n(C)n1. The van der Waals surface area contributed by atoms with E-state index in [0.717, 1.165) is 11.4 Å². The molecule has 0 atom stereocenters. The van der Waals surface area contributed by atoms with Crippen molar-refractivity contribution in [2.75, 3.05) is 17.2 Å². The number of carbonyl (C=O) groups excluding carboxylic acids is 1. The zero-order valence-corrected chi connectivity index (χ0v) is 11.5. The summed E-state index contributed by atoms with van der Waals surface area (Å²) in [5.74, 6) is 0.597. The second-order valence-corrected chi connectivity index (χ2v) is 4.90. The molecule has 20 heavy (non-hydrogen) atoms. The van der Waals surface area contributed by atoms with E-state index in [0.29, 0.717) is 23.7 Å². The van der Waals surface area contributed by atoms with Crippen LogP contribution in [0, 0.1) is 6.92 Å². The van der Waals surface area contributed by atoms with Crippen LogP contribution in [0.15, 0.2) is 24.3 Å². The van der Waals surface area contributed by atoms with Crippen molar-refractivity contribution in [1.82, 2.24) is 9.78 Å². The van der Waals surface area contributed by atoms with Gasteiger partial charge in [0, 0.05) is 12.7 Å². The van der Waals surface area contributed by atoms with Crippen molar-refractivity contribution in [3.8, 4) is 5.75 Å². The minimum Gasteiger partial charge on any atom is -0.482 e. The number of nitrogens with zero attached hydrogens (tertiary/aromatic N) is 3. The molecule has 1 aromatic heterocycles. The molecule has 0 bridgehead atoms. The Hall–Kier alpha value is -2.50. The lowest BCUT2D eigenvalue weighted by Gasteiger charge is -2.29. The third-order valence-electron chi connectivity index (χ3n) is 3.34. The Bertz CT molecular complexity index is 678. The van der Waals surface area contributed by atoms with Crippen molar-refractivity contribution in [2.45, 2.75) is 13.5 Å². The van der Waals surface area contributed by atoms with Crippen molar-refractivity contribution in [1.29, 1.82) is 0 Å². The van der Waals surface area contributed by atoms with Gasteiger partial charge >= 0.3 is 0 Å². The fourth-order valence-electron chi connectivity index (χ4n) is 2.37. The van der Waals surface area contributed by atoms with Gasteiger partial charge < -0.3 is 10.5 Å². The molecule has 6 heteroatoms. The van der Waals surface area contributed by atoms with Crippen LogP contribution >= 0.6 is 0 Å². The van der Waals surface area contributed by atoms with E-state index in [-0.39, 0.29) is 12.5 Å². The number of nitrogen functional groups attached to an aromatic ring is 1. The lowest BCUT2D eigenvalue weighted by molar-refractivity contribution is -0.121. The molecular weight excluding hydrogens is 256 g/mol. The number of hydrogen-bond acceptors (Lipinski definition) is 4. The first-order valence-corrected chi connectivity index (χ1v) is 6.37. The van der Waals surface area contributed by atoms with Crippen LogP contribution in [-0.4, -0.2) is 22.3 Å². The maximum atomic E-state index is 12.1. The van der Waals surface area contributed by atoms with E-state index >= 15 is 0 Å². The zero-order valence-electron chi connectivity index (χ0n) is 11.5. The second kappa shape index (κ2) is 4.56. The number of nitrogens with two attached hydrogens (primary N) is 1. The molecule has 0 unspecified atom stereocenters. The number of hydrogen-bond donors (Lipinski definition) is 1. The molecule has 1 aromatic carbocycles. The summed E-state index contributed by atoms with van der Waals surface area (Å²) >= 11 is 0. The number of fused-ring (bicyclic) bond motifs is 1. The van der Waals surface area contributed by atoms with Crippen LogP contribution in [0.1, 0.15) is 11.4 Å². The Kier molecular flexibility index (Phi) is 2.85. The highest BCUT2D eigenvalue weighted by molar-refractivity contribution is 5.98. The summed E-state index contributed by atoms with van der Waals surface area (Å²) in [6.07, 6.45) is 0. The van der Waals surface area contributed by atoms with E-state index in [1.165, 1.54) is 0 Å². The third-order valence-corrected chi connectivity index (χ3v) is 3.34.